The third-order valence-corrected chi connectivity index (χ3v) is 10.8. The molecule has 3 heterocycles. The second-order valence-corrected chi connectivity index (χ2v) is 14.1. The van der Waals surface area contributed by atoms with Gasteiger partial charge in [0.1, 0.15) is 0 Å². The lowest BCUT2D eigenvalue weighted by molar-refractivity contribution is -0.117. The van der Waals surface area contributed by atoms with Crippen LogP contribution in [0.25, 0.3) is 22.0 Å². The first-order valence-corrected chi connectivity index (χ1v) is 17.4. The van der Waals surface area contributed by atoms with Crippen LogP contribution in [0.1, 0.15) is 48.3 Å². The van der Waals surface area contributed by atoms with Crippen LogP contribution in [-0.2, 0) is 37.3 Å². The maximum absolute atomic E-state index is 12.8. The fourth-order valence-electron chi connectivity index (χ4n) is 6.47. The number of amides is 1. The zero-order chi connectivity index (χ0) is 30.9. The molecule has 0 unspecified atom stereocenters. The van der Waals surface area contributed by atoms with Gasteiger partial charge < -0.3 is 25.5 Å². The number of methoxy groups -OCH3 is 1. The number of ether oxygens (including phenoxy) is 2. The molecule has 2 aliphatic rings. The lowest BCUT2D eigenvalue weighted by Crippen LogP contribution is -2.39. The average Bonchev–Trinajstić information content (AvgIpc) is 3.46. The number of morpholine rings is 1. The highest BCUT2D eigenvalue weighted by Crippen LogP contribution is 2.37. The number of fused-ring (bicyclic) bond motifs is 1. The Bertz CT molecular complexity index is 1490. The van der Waals surface area contributed by atoms with E-state index >= 15 is 0 Å². The van der Waals surface area contributed by atoms with E-state index in [0.29, 0.717) is 26.1 Å². The van der Waals surface area contributed by atoms with Gasteiger partial charge in [-0.25, -0.2) is 12.7 Å². The summed E-state index contributed by atoms with van der Waals surface area (Å²) in [6.45, 7) is 7.97. The number of aromatic nitrogens is 1. The number of carbonyl (C=O) groups excluding carboxylic acids is 1. The van der Waals surface area contributed by atoms with E-state index in [1.165, 1.54) is 11.1 Å². The van der Waals surface area contributed by atoms with Crippen molar-refractivity contribution >= 4 is 26.8 Å². The van der Waals surface area contributed by atoms with Crippen LogP contribution in [0.5, 0.6) is 0 Å². The van der Waals surface area contributed by atoms with Gasteiger partial charge in [-0.05, 0) is 90.7 Å². The zero-order valence-electron chi connectivity index (χ0n) is 25.9. The van der Waals surface area contributed by atoms with E-state index in [9.17, 15) is 13.2 Å². The van der Waals surface area contributed by atoms with Gasteiger partial charge in [0.2, 0.25) is 15.9 Å². The number of aromatic amines is 1. The Balaban J connectivity index is 1.29. The number of nitrogens with zero attached hydrogens (tertiary/aromatic N) is 2. The predicted octanol–water partition coefficient (Wildman–Crippen LogP) is 3.22. The molecule has 0 spiro atoms. The van der Waals surface area contributed by atoms with Crippen LogP contribution < -0.4 is 11.1 Å². The smallest absolute Gasteiger partial charge is 0.221 e. The van der Waals surface area contributed by atoms with E-state index in [1.54, 1.807) is 11.4 Å². The molecule has 240 valence electrons. The van der Waals surface area contributed by atoms with Crippen molar-refractivity contribution in [2.75, 3.05) is 72.0 Å². The molecule has 2 fully saturated rings. The average molecular weight is 626 g/mol. The molecule has 44 heavy (non-hydrogen) atoms. The lowest BCUT2D eigenvalue weighted by Gasteiger charge is -2.31. The quantitative estimate of drug-likeness (QED) is 0.221. The summed E-state index contributed by atoms with van der Waals surface area (Å²) >= 11 is 0. The fourth-order valence-corrected chi connectivity index (χ4v) is 7.97. The number of nitrogens with one attached hydrogen (secondary N) is 2. The van der Waals surface area contributed by atoms with Gasteiger partial charge in [-0.15, -0.1) is 0 Å². The number of primary amides is 1. The first-order valence-electron chi connectivity index (χ1n) is 15.8. The summed E-state index contributed by atoms with van der Waals surface area (Å²) in [6.07, 6.45) is 5.27. The molecular formula is C33H47N5O5S. The Morgan fingerprint density at radius 2 is 1.89 bits per heavy atom. The minimum absolute atomic E-state index is 0.113. The molecule has 0 atom stereocenters. The van der Waals surface area contributed by atoms with Crippen molar-refractivity contribution in [3.05, 3.63) is 59.3 Å². The largest absolute Gasteiger partial charge is 0.385 e. The third-order valence-electron chi connectivity index (χ3n) is 8.83. The molecule has 10 nitrogen and oxygen atoms in total. The van der Waals surface area contributed by atoms with Crippen LogP contribution in [0.3, 0.4) is 0 Å². The van der Waals surface area contributed by atoms with Gasteiger partial charge in [0, 0.05) is 63.5 Å². The normalized spacial score (nSPS) is 17.4. The standard InChI is InChI=1S/C33H47N5O5S/c1-42-15-4-18-44(40,41)38-11-7-26(8-12-38)31-24-36-33-29(22-32(34)39)20-28(21-30(31)33)27-6-2-5-25(19-27)23-35-9-3-10-37-13-16-43-17-14-37/h2,5-6,19-21,24,26,35-36H,3-4,7-18,22-23H2,1H3,(H2,34,39). The van der Waals surface area contributed by atoms with E-state index in [-0.39, 0.29) is 24.0 Å². The molecule has 3 aromatic rings. The summed E-state index contributed by atoms with van der Waals surface area (Å²) in [7, 11) is -1.70. The fraction of sp³-hybridized carbons (Fsp3) is 0.545. The van der Waals surface area contributed by atoms with Gasteiger partial charge in [0.25, 0.3) is 0 Å². The number of rotatable bonds is 15. The van der Waals surface area contributed by atoms with Gasteiger partial charge >= 0.3 is 0 Å². The molecule has 1 amide bonds. The highest BCUT2D eigenvalue weighted by atomic mass is 32.2. The topological polar surface area (TPSA) is 130 Å². The summed E-state index contributed by atoms with van der Waals surface area (Å²) < 4.78 is 37.7. The highest BCUT2D eigenvalue weighted by Gasteiger charge is 2.29. The van der Waals surface area contributed by atoms with Gasteiger partial charge in [-0.3, -0.25) is 9.69 Å². The number of sulfonamides is 1. The summed E-state index contributed by atoms with van der Waals surface area (Å²) in [6, 6.07) is 12.8. The van der Waals surface area contributed by atoms with Crippen LogP contribution in [0.2, 0.25) is 0 Å². The van der Waals surface area contributed by atoms with E-state index in [0.717, 1.165) is 92.8 Å². The highest BCUT2D eigenvalue weighted by molar-refractivity contribution is 7.89. The molecule has 1 aromatic heterocycles. The van der Waals surface area contributed by atoms with E-state index < -0.39 is 10.0 Å². The molecule has 2 aliphatic heterocycles. The first kappa shape index (κ1) is 32.6. The monoisotopic (exact) mass is 625 g/mol. The number of piperidine rings is 1. The van der Waals surface area contributed by atoms with Crippen molar-refractivity contribution in [2.24, 2.45) is 5.73 Å². The molecular weight excluding hydrogens is 578 g/mol. The van der Waals surface area contributed by atoms with Crippen LogP contribution in [0.15, 0.2) is 42.6 Å². The minimum atomic E-state index is -3.29. The third kappa shape index (κ3) is 8.47. The molecule has 0 saturated carbocycles. The summed E-state index contributed by atoms with van der Waals surface area (Å²) in [5.41, 5.74) is 12.0. The lowest BCUT2D eigenvalue weighted by atomic mass is 9.88. The Hall–Kier alpha value is -2.80. The van der Waals surface area contributed by atoms with Crippen molar-refractivity contribution < 1.29 is 22.7 Å². The van der Waals surface area contributed by atoms with Crippen molar-refractivity contribution in [3.63, 3.8) is 0 Å². The zero-order valence-corrected chi connectivity index (χ0v) is 26.7. The number of hydrogen-bond acceptors (Lipinski definition) is 7. The number of nitrogens with two attached hydrogens (primary N) is 1. The molecule has 2 saturated heterocycles. The number of H-pyrrole nitrogens is 1. The number of hydrogen-bond donors (Lipinski definition) is 3. The Kier molecular flexibility index (Phi) is 11.5. The maximum Gasteiger partial charge on any atom is 0.221 e. The number of carbonyl (C=O) groups is 1. The molecule has 4 N–H and O–H groups in total. The minimum Gasteiger partial charge on any atom is -0.385 e. The second kappa shape index (κ2) is 15.5. The molecule has 0 aliphatic carbocycles. The Morgan fingerprint density at radius 1 is 1.09 bits per heavy atom. The van der Waals surface area contributed by atoms with Gasteiger partial charge in [0.15, 0.2) is 0 Å². The van der Waals surface area contributed by atoms with E-state index in [2.05, 4.69) is 51.6 Å². The SMILES string of the molecule is COCCCS(=O)(=O)N1CCC(c2c[nH]c3c(CC(N)=O)cc(-c4cccc(CNCCCN5CCOCC5)c4)cc23)CC1. The Labute approximate surface area is 261 Å². The van der Waals surface area contributed by atoms with Crippen molar-refractivity contribution in [1.29, 1.82) is 0 Å². The van der Waals surface area contributed by atoms with E-state index in [1.807, 2.05) is 6.20 Å². The van der Waals surface area contributed by atoms with Crippen LogP contribution in [0.4, 0.5) is 0 Å². The van der Waals surface area contributed by atoms with Crippen molar-refractivity contribution in [3.8, 4) is 11.1 Å². The predicted molar refractivity (Wildman–Crippen MR) is 174 cm³/mol. The summed E-state index contributed by atoms with van der Waals surface area (Å²) in [5.74, 6) is -0.0398. The van der Waals surface area contributed by atoms with E-state index in [4.69, 9.17) is 15.2 Å². The van der Waals surface area contributed by atoms with Gasteiger partial charge in [0.05, 0.1) is 25.4 Å². The Morgan fingerprint density at radius 3 is 2.64 bits per heavy atom. The molecule has 0 radical (unpaired) electrons. The van der Waals surface area contributed by atoms with Crippen LogP contribution in [0, 0.1) is 0 Å². The molecule has 2 aromatic carbocycles. The van der Waals surface area contributed by atoms with Crippen molar-refractivity contribution in [1.82, 2.24) is 19.5 Å². The first-order chi connectivity index (χ1) is 21.3. The summed E-state index contributed by atoms with van der Waals surface area (Å²) in [5, 5.41) is 4.66. The second-order valence-electron chi connectivity index (χ2n) is 12.0. The van der Waals surface area contributed by atoms with Crippen LogP contribution in [-0.4, -0.2) is 100 Å². The van der Waals surface area contributed by atoms with Gasteiger partial charge in [-0.2, -0.15) is 0 Å². The summed E-state index contributed by atoms with van der Waals surface area (Å²) in [4.78, 5) is 17.9. The van der Waals surface area contributed by atoms with Crippen LogP contribution >= 0.6 is 0 Å². The maximum atomic E-state index is 12.8. The molecule has 5 rings (SSSR count). The molecule has 0 bridgehead atoms. The molecule has 11 heteroatoms. The number of benzene rings is 2. The van der Waals surface area contributed by atoms with Gasteiger partial charge in [-0.1, -0.05) is 18.2 Å². The van der Waals surface area contributed by atoms with Crippen molar-refractivity contribution in [2.45, 2.75) is 44.6 Å².